The molecular weight excluding hydrogens is 201 g/mol. The molecule has 0 aliphatic carbocycles. The van der Waals surface area contributed by atoms with Crippen LogP contribution in [0.5, 0.6) is 0 Å². The van der Waals surface area contributed by atoms with Gasteiger partial charge in [-0.25, -0.2) is 4.39 Å². The second-order valence-electron chi connectivity index (χ2n) is 4.85. The molecule has 1 atom stereocenters. The van der Waals surface area contributed by atoms with Crippen molar-refractivity contribution in [2.75, 3.05) is 13.6 Å². The van der Waals surface area contributed by atoms with Crippen LogP contribution in [-0.2, 0) is 6.42 Å². The average molecular weight is 223 g/mol. The summed E-state index contributed by atoms with van der Waals surface area (Å²) in [6.07, 6.45) is 1.96. The Morgan fingerprint density at radius 2 is 1.94 bits per heavy atom. The molecule has 1 nitrogen and oxygen atoms in total. The number of rotatable bonds is 6. The minimum atomic E-state index is -0.0765. The van der Waals surface area contributed by atoms with Crippen LogP contribution in [0.3, 0.4) is 0 Å². The van der Waals surface area contributed by atoms with Gasteiger partial charge in [0.05, 0.1) is 0 Å². The highest BCUT2D eigenvalue weighted by molar-refractivity contribution is 5.17. The fourth-order valence-corrected chi connectivity index (χ4v) is 2.17. The maximum absolute atomic E-state index is 13.5. The zero-order chi connectivity index (χ0) is 12.0. The second kappa shape index (κ2) is 6.64. The van der Waals surface area contributed by atoms with E-state index in [1.165, 1.54) is 0 Å². The summed E-state index contributed by atoms with van der Waals surface area (Å²) in [4.78, 5) is 0. The van der Waals surface area contributed by atoms with Crippen LogP contribution in [-0.4, -0.2) is 13.6 Å². The van der Waals surface area contributed by atoms with Crippen LogP contribution >= 0.6 is 0 Å². The predicted molar refractivity (Wildman–Crippen MR) is 67.0 cm³/mol. The average Bonchev–Trinajstić information content (AvgIpc) is 2.21. The molecule has 2 heteroatoms. The van der Waals surface area contributed by atoms with Crippen LogP contribution < -0.4 is 5.32 Å². The molecule has 1 rings (SSSR count). The van der Waals surface area contributed by atoms with Crippen molar-refractivity contribution < 1.29 is 4.39 Å². The Hall–Kier alpha value is -0.890. The molecule has 1 aromatic rings. The lowest BCUT2D eigenvalue weighted by molar-refractivity contribution is 0.390. The molecule has 0 radical (unpaired) electrons. The summed E-state index contributed by atoms with van der Waals surface area (Å²) in [5, 5.41) is 3.19. The largest absolute Gasteiger partial charge is 0.319 e. The molecule has 16 heavy (non-hydrogen) atoms. The van der Waals surface area contributed by atoms with E-state index in [2.05, 4.69) is 19.2 Å². The van der Waals surface area contributed by atoms with E-state index in [1.807, 2.05) is 19.2 Å². The summed E-state index contributed by atoms with van der Waals surface area (Å²) in [5.41, 5.74) is 0.836. The summed E-state index contributed by atoms with van der Waals surface area (Å²) in [5.74, 6) is 1.10. The number of hydrogen-bond donors (Lipinski definition) is 1. The van der Waals surface area contributed by atoms with Crippen molar-refractivity contribution >= 4 is 0 Å². The van der Waals surface area contributed by atoms with Crippen molar-refractivity contribution in [2.45, 2.75) is 26.7 Å². The number of benzene rings is 1. The Kier molecular flexibility index (Phi) is 5.47. The lowest BCUT2D eigenvalue weighted by Gasteiger charge is -2.19. The zero-order valence-corrected chi connectivity index (χ0v) is 10.5. The Bertz CT molecular complexity index is 309. The summed E-state index contributed by atoms with van der Waals surface area (Å²) < 4.78 is 13.5. The lowest BCUT2D eigenvalue weighted by Crippen LogP contribution is -2.22. The summed E-state index contributed by atoms with van der Waals surface area (Å²) in [6.45, 7) is 5.38. The molecule has 0 saturated carbocycles. The normalized spacial score (nSPS) is 13.1. The maximum Gasteiger partial charge on any atom is 0.126 e. The fraction of sp³-hybridized carbons (Fsp3) is 0.571. The van der Waals surface area contributed by atoms with E-state index in [4.69, 9.17) is 0 Å². The van der Waals surface area contributed by atoms with Crippen molar-refractivity contribution in [1.29, 1.82) is 0 Å². The third-order valence-corrected chi connectivity index (χ3v) is 2.76. The zero-order valence-electron chi connectivity index (χ0n) is 10.5. The Balaban J connectivity index is 2.64. The van der Waals surface area contributed by atoms with Crippen molar-refractivity contribution in [2.24, 2.45) is 11.8 Å². The minimum Gasteiger partial charge on any atom is -0.319 e. The van der Waals surface area contributed by atoms with Gasteiger partial charge in [-0.05, 0) is 49.9 Å². The van der Waals surface area contributed by atoms with E-state index in [1.54, 1.807) is 12.1 Å². The van der Waals surface area contributed by atoms with Crippen molar-refractivity contribution in [1.82, 2.24) is 5.32 Å². The molecule has 0 fully saturated rings. The molecule has 0 aliphatic rings. The van der Waals surface area contributed by atoms with Crippen LogP contribution in [0.1, 0.15) is 25.8 Å². The van der Waals surface area contributed by atoms with E-state index in [-0.39, 0.29) is 5.82 Å². The Morgan fingerprint density at radius 1 is 1.25 bits per heavy atom. The van der Waals surface area contributed by atoms with E-state index in [9.17, 15) is 4.39 Å². The van der Waals surface area contributed by atoms with Crippen molar-refractivity contribution in [3.05, 3.63) is 35.6 Å². The molecule has 0 bridgehead atoms. The Labute approximate surface area is 98.1 Å². The van der Waals surface area contributed by atoms with Gasteiger partial charge in [0.15, 0.2) is 0 Å². The molecule has 1 aromatic carbocycles. The van der Waals surface area contributed by atoms with Crippen LogP contribution in [0.25, 0.3) is 0 Å². The van der Waals surface area contributed by atoms with Gasteiger partial charge in [-0.3, -0.25) is 0 Å². The first kappa shape index (κ1) is 13.2. The molecule has 0 heterocycles. The summed E-state index contributed by atoms with van der Waals surface area (Å²) in [6, 6.07) is 7.08. The monoisotopic (exact) mass is 223 g/mol. The summed E-state index contributed by atoms with van der Waals surface area (Å²) in [7, 11) is 1.95. The van der Waals surface area contributed by atoms with E-state index in [0.717, 1.165) is 24.9 Å². The number of nitrogens with one attached hydrogen (secondary N) is 1. The minimum absolute atomic E-state index is 0.0765. The van der Waals surface area contributed by atoms with Crippen LogP contribution in [0.2, 0.25) is 0 Å². The molecule has 1 N–H and O–H groups in total. The van der Waals surface area contributed by atoms with Gasteiger partial charge in [0, 0.05) is 0 Å². The molecule has 0 amide bonds. The van der Waals surface area contributed by atoms with Gasteiger partial charge in [0.25, 0.3) is 0 Å². The van der Waals surface area contributed by atoms with Crippen LogP contribution in [0.15, 0.2) is 24.3 Å². The molecule has 90 valence electrons. The van der Waals surface area contributed by atoms with Gasteiger partial charge in [0.1, 0.15) is 5.82 Å². The van der Waals surface area contributed by atoms with Crippen molar-refractivity contribution in [3.8, 4) is 0 Å². The van der Waals surface area contributed by atoms with Gasteiger partial charge in [-0.1, -0.05) is 32.0 Å². The van der Waals surface area contributed by atoms with E-state index in [0.29, 0.717) is 11.8 Å². The molecule has 1 unspecified atom stereocenters. The topological polar surface area (TPSA) is 12.0 Å². The van der Waals surface area contributed by atoms with Crippen LogP contribution in [0, 0.1) is 17.7 Å². The molecule has 0 aromatic heterocycles. The van der Waals surface area contributed by atoms with Gasteiger partial charge in [-0.15, -0.1) is 0 Å². The highest BCUT2D eigenvalue weighted by atomic mass is 19.1. The van der Waals surface area contributed by atoms with Crippen LogP contribution in [0.4, 0.5) is 4.39 Å². The predicted octanol–water partition coefficient (Wildman–Crippen LogP) is 3.25. The standard InChI is InChI=1S/C14H22FN/c1-11(2)8-12(10-16-3)9-13-6-4-5-7-14(13)15/h4-7,11-12,16H,8-10H2,1-3H3. The van der Waals surface area contributed by atoms with Gasteiger partial charge in [0.2, 0.25) is 0 Å². The van der Waals surface area contributed by atoms with Gasteiger partial charge >= 0.3 is 0 Å². The first-order chi connectivity index (χ1) is 7.63. The molecule has 0 spiro atoms. The number of halogens is 1. The van der Waals surface area contributed by atoms with E-state index < -0.39 is 0 Å². The highest BCUT2D eigenvalue weighted by Gasteiger charge is 2.13. The fourth-order valence-electron chi connectivity index (χ4n) is 2.17. The maximum atomic E-state index is 13.5. The van der Waals surface area contributed by atoms with E-state index >= 15 is 0 Å². The highest BCUT2D eigenvalue weighted by Crippen LogP contribution is 2.18. The molecule has 0 aliphatic heterocycles. The number of hydrogen-bond acceptors (Lipinski definition) is 1. The second-order valence-corrected chi connectivity index (χ2v) is 4.85. The van der Waals surface area contributed by atoms with Crippen molar-refractivity contribution in [3.63, 3.8) is 0 Å². The summed E-state index contributed by atoms with van der Waals surface area (Å²) >= 11 is 0. The van der Waals surface area contributed by atoms with Gasteiger partial charge < -0.3 is 5.32 Å². The molecule has 0 saturated heterocycles. The first-order valence-corrected chi connectivity index (χ1v) is 6.01. The third-order valence-electron chi connectivity index (χ3n) is 2.76. The third kappa shape index (κ3) is 4.31. The Morgan fingerprint density at radius 3 is 2.50 bits per heavy atom. The quantitative estimate of drug-likeness (QED) is 0.780. The lowest BCUT2D eigenvalue weighted by atomic mass is 9.91. The van der Waals surface area contributed by atoms with Gasteiger partial charge in [-0.2, -0.15) is 0 Å². The SMILES string of the molecule is CNCC(Cc1ccccc1F)CC(C)C. The molecular formula is C14H22FN. The first-order valence-electron chi connectivity index (χ1n) is 6.01. The smallest absolute Gasteiger partial charge is 0.126 e.